The van der Waals surface area contributed by atoms with Gasteiger partial charge in [0.15, 0.2) is 0 Å². The molecule has 21 aromatic rings. The molecule has 8 amide bonds. The number of benzene rings is 20. The lowest BCUT2D eigenvalue weighted by Gasteiger charge is -2.34. The maximum Gasteiger partial charge on any atom is 0.268 e. The second kappa shape index (κ2) is 34.6. The molecule has 0 radical (unpaired) electrons. The molecule has 4 aliphatic rings. The predicted octanol–water partition coefficient (Wildman–Crippen LogP) is 29.1. The van der Waals surface area contributed by atoms with E-state index in [-0.39, 0.29) is 66.1 Å². The Morgan fingerprint density at radius 1 is 0.157 bits per heavy atom. The van der Waals surface area contributed by atoms with Crippen LogP contribution in [-0.4, -0.2) is 51.8 Å². The fraction of sp³-hybridized carbons (Fsp3) is 0. The van der Waals surface area contributed by atoms with Gasteiger partial charge in [0.25, 0.3) is 47.3 Å². The van der Waals surface area contributed by atoms with Gasteiger partial charge in [-0.3, -0.25) is 38.4 Å². The highest BCUT2D eigenvalue weighted by molar-refractivity contribution is 6.46. The molecule has 25 rings (SSSR count). The molecule has 0 bridgehead atoms. The first-order valence-corrected chi connectivity index (χ1v) is 46.1. The smallest absolute Gasteiger partial charge is 0.268 e. The van der Waals surface area contributed by atoms with Crippen LogP contribution in [0.3, 0.4) is 0 Å². The fourth-order valence-electron chi connectivity index (χ4n) is 20.4. The average Bonchev–Trinajstić information content (AvgIpc) is 0.967. The summed E-state index contributed by atoms with van der Waals surface area (Å²) in [5, 5.41) is 2.87. The van der Waals surface area contributed by atoms with E-state index in [4.69, 9.17) is 0 Å². The molecule has 20 aromatic carbocycles. The maximum absolute atomic E-state index is 15.6. The van der Waals surface area contributed by atoms with Crippen LogP contribution in [0.1, 0.15) is 82.9 Å². The molecule has 140 heavy (non-hydrogen) atoms. The Morgan fingerprint density at radius 2 is 0.414 bits per heavy atom. The number of carbonyl (C=O) groups excluding carboxylic acids is 8. The van der Waals surface area contributed by atoms with Crippen LogP contribution < -0.4 is 34.3 Å². The molecule has 0 aliphatic carbocycles. The Hall–Kier alpha value is -19.3. The number of anilines is 13. The van der Waals surface area contributed by atoms with E-state index in [9.17, 15) is 9.59 Å². The topological polar surface area (TPSA) is 164 Å². The minimum atomic E-state index is -0.570. The van der Waals surface area contributed by atoms with Gasteiger partial charge < -0.3 is 19.3 Å². The highest BCUT2D eigenvalue weighted by Gasteiger charge is 2.47. The van der Waals surface area contributed by atoms with Gasteiger partial charge in [0, 0.05) is 106 Å². The molecule has 0 fully saturated rings. The fourth-order valence-corrected chi connectivity index (χ4v) is 20.4. The highest BCUT2D eigenvalue weighted by atomic mass is 16.2. The third-order valence-electron chi connectivity index (χ3n) is 26.6. The molecule has 662 valence electrons. The van der Waals surface area contributed by atoms with Crippen molar-refractivity contribution in [2.45, 2.75) is 0 Å². The quantitative estimate of drug-likeness (QED) is 0.0751. The summed E-state index contributed by atoms with van der Waals surface area (Å²) < 4.78 is 2.04. The van der Waals surface area contributed by atoms with Crippen LogP contribution in [0.5, 0.6) is 0 Å². The summed E-state index contributed by atoms with van der Waals surface area (Å²) in [7, 11) is 0. The van der Waals surface area contributed by atoms with Crippen molar-refractivity contribution in [3.8, 4) is 50.2 Å². The minimum absolute atomic E-state index is 0.203. The number of amides is 8. The molecular formula is C124H78N8O8. The number of aromatic nitrogens is 1. The van der Waals surface area contributed by atoms with E-state index in [1.807, 2.05) is 241 Å². The first-order chi connectivity index (χ1) is 68.9. The normalized spacial score (nSPS) is 13.1. The molecule has 0 saturated carbocycles. The van der Waals surface area contributed by atoms with Gasteiger partial charge >= 0.3 is 0 Å². The maximum atomic E-state index is 15.6. The van der Waals surface area contributed by atoms with E-state index in [0.717, 1.165) is 95.2 Å². The molecule has 16 heteroatoms. The molecule has 16 nitrogen and oxygen atoms in total. The van der Waals surface area contributed by atoms with Crippen molar-refractivity contribution in [2.24, 2.45) is 0 Å². The minimum Gasteiger partial charge on any atom is -0.311 e. The molecule has 0 spiro atoms. The average molecular weight is 1810 g/mol. The number of nitrogens with zero attached hydrogens (tertiary/aromatic N) is 8. The van der Waals surface area contributed by atoms with Crippen molar-refractivity contribution in [3.05, 3.63) is 518 Å². The largest absolute Gasteiger partial charge is 0.311 e. The second-order valence-electron chi connectivity index (χ2n) is 34.6. The second-order valence-corrected chi connectivity index (χ2v) is 34.6. The van der Waals surface area contributed by atoms with E-state index < -0.39 is 47.3 Å². The van der Waals surface area contributed by atoms with Gasteiger partial charge in [0.2, 0.25) is 0 Å². The Bertz CT molecular complexity index is 8390. The van der Waals surface area contributed by atoms with E-state index in [2.05, 4.69) is 124 Å². The summed E-state index contributed by atoms with van der Waals surface area (Å²) in [5.41, 5.74) is 20.0. The molecule has 1 aromatic heterocycles. The molecule has 0 atom stereocenters. The Kier molecular flexibility index (Phi) is 20.7. The van der Waals surface area contributed by atoms with E-state index in [1.165, 1.54) is 19.6 Å². The predicted molar refractivity (Wildman–Crippen MR) is 558 cm³/mol. The van der Waals surface area contributed by atoms with Crippen LogP contribution in [0, 0.1) is 0 Å². The molecule has 0 N–H and O–H groups in total. The van der Waals surface area contributed by atoms with Crippen LogP contribution in [0.4, 0.5) is 73.9 Å². The van der Waals surface area contributed by atoms with Gasteiger partial charge in [-0.1, -0.05) is 261 Å². The molecule has 0 saturated heterocycles. The van der Waals surface area contributed by atoms with Crippen molar-refractivity contribution >= 4 is 165 Å². The zero-order valence-corrected chi connectivity index (χ0v) is 74.9. The van der Waals surface area contributed by atoms with Gasteiger partial charge in [-0.2, -0.15) is 0 Å². The van der Waals surface area contributed by atoms with Gasteiger partial charge in [0.05, 0.1) is 61.7 Å². The van der Waals surface area contributed by atoms with E-state index in [1.54, 1.807) is 127 Å². The Labute approximate surface area is 804 Å². The molecule has 0 unspecified atom stereocenters. The summed E-state index contributed by atoms with van der Waals surface area (Å²) in [6, 6.07) is 152. The van der Waals surface area contributed by atoms with E-state index >= 15 is 28.8 Å². The van der Waals surface area contributed by atoms with Crippen LogP contribution in [0.2, 0.25) is 0 Å². The summed E-state index contributed by atoms with van der Waals surface area (Å²) in [6.07, 6.45) is 0. The Balaban J connectivity index is 0.000000152. The van der Waals surface area contributed by atoms with Crippen LogP contribution in [-0.2, 0) is 0 Å². The van der Waals surface area contributed by atoms with Crippen molar-refractivity contribution < 1.29 is 38.4 Å². The van der Waals surface area contributed by atoms with Gasteiger partial charge in [-0.25, -0.2) is 19.6 Å². The SMILES string of the molecule is O=C1c2cc(-c3cccc(-c4cccc(-c5ccccc5)c4)c3)c3c4c(cc(-c5ccc(N(c6ccccc6)c6ccccc6)cc5)c(c24)C(=O)N1c1ccccc1)C(=O)N(c1ccccc1)C3=O.O=C1c2ccc3c4c(c(-n5c6ccc(N(c7ccccc7)c7ccccc7)cc6c6cc(N(c7ccccc7)c7ccccc7)ccc65)cc(c24)C(=O)N1c1ccccc1)C(=O)N(c1ccccc1)C3=O. The monoisotopic (exact) mass is 1810 g/mol. The number of fused-ring (bicyclic) bond motifs is 3. The van der Waals surface area contributed by atoms with E-state index in [0.29, 0.717) is 50.7 Å². The summed E-state index contributed by atoms with van der Waals surface area (Å²) in [4.78, 5) is 133. The number of rotatable bonds is 18. The number of carbonyl (C=O) groups is 8. The summed E-state index contributed by atoms with van der Waals surface area (Å²) in [6.45, 7) is 0. The first kappa shape index (κ1) is 83.7. The lowest BCUT2D eigenvalue weighted by atomic mass is 9.78. The lowest BCUT2D eigenvalue weighted by Crippen LogP contribution is -2.44. The zero-order chi connectivity index (χ0) is 94.3. The summed E-state index contributed by atoms with van der Waals surface area (Å²) in [5.74, 6) is -4.42. The first-order valence-electron chi connectivity index (χ1n) is 46.1. The molecule has 5 heterocycles. The zero-order valence-electron chi connectivity index (χ0n) is 74.9. The van der Waals surface area contributed by atoms with Crippen molar-refractivity contribution in [3.63, 3.8) is 0 Å². The van der Waals surface area contributed by atoms with Gasteiger partial charge in [-0.05, 0) is 257 Å². The van der Waals surface area contributed by atoms with Gasteiger partial charge in [-0.15, -0.1) is 0 Å². The van der Waals surface area contributed by atoms with Crippen molar-refractivity contribution in [1.29, 1.82) is 0 Å². The molecular weight excluding hydrogens is 1730 g/mol. The standard InChI is InChI=1S/C62H39N5O4.C62H39N3O4/c68-59-48-33-34-49-57-56(48)52(61(70)65(59)44-27-15-5-16-28-44)39-55(58(57)62(71)66(60(49)69)45-29-17-6-18-30-45)67-53-35-31-46(63(40-19-7-1-8-20-40)41-21-9-2-10-22-41)37-50(53)51-38-47(32-36-54(51)67)64(42-23-11-3-12-24-42)43-25-13-4-14-26-43;66-59-53-38-51(41-32-34-50(35-33-41)63(46-24-8-2-9-25-46)47-26-10-3-11-27-47)57-55-54(60(67)64(61(57)68)48-28-12-4-13-29-48)39-52(58(56(53)55)62(69)65(59)49-30-14-5-15-31-49)45-23-17-22-44(37-45)43-21-16-20-42(36-43)40-18-6-1-7-19-40/h1-39H;1-39H. The van der Waals surface area contributed by atoms with Crippen molar-refractivity contribution in [2.75, 3.05) is 34.3 Å². The third kappa shape index (κ3) is 14.1. The van der Waals surface area contributed by atoms with Crippen LogP contribution in [0.25, 0.3) is 93.5 Å². The lowest BCUT2D eigenvalue weighted by molar-refractivity contribution is 0.0873. The highest BCUT2D eigenvalue weighted by Crippen LogP contribution is 2.52. The number of para-hydroxylation sites is 10. The van der Waals surface area contributed by atoms with Crippen molar-refractivity contribution in [1.82, 2.24) is 4.57 Å². The van der Waals surface area contributed by atoms with Gasteiger partial charge in [0.1, 0.15) is 0 Å². The molecule has 4 aliphatic heterocycles. The number of imide groups is 4. The number of hydrogen-bond donors (Lipinski definition) is 0. The van der Waals surface area contributed by atoms with Crippen LogP contribution in [0.15, 0.2) is 473 Å². The third-order valence-corrected chi connectivity index (χ3v) is 26.6. The summed E-state index contributed by atoms with van der Waals surface area (Å²) >= 11 is 0. The number of hydrogen-bond acceptors (Lipinski definition) is 11. The van der Waals surface area contributed by atoms with Crippen LogP contribution >= 0.6 is 0 Å². The Morgan fingerprint density at radius 3 is 0.786 bits per heavy atom.